The van der Waals surface area contributed by atoms with Crippen molar-refractivity contribution >= 4 is 5.91 Å². The summed E-state index contributed by atoms with van der Waals surface area (Å²) in [6, 6.07) is -0.00634. The topological polar surface area (TPSA) is 95.0 Å². The van der Waals surface area contributed by atoms with Gasteiger partial charge in [0.25, 0.3) is 11.7 Å². The van der Waals surface area contributed by atoms with E-state index in [4.69, 9.17) is 5.11 Å². The van der Waals surface area contributed by atoms with Crippen LogP contribution in [-0.4, -0.2) is 55.7 Å². The van der Waals surface area contributed by atoms with Crippen LogP contribution in [0.3, 0.4) is 0 Å². The monoisotopic (exact) mass is 199 g/mol. The number of hydrogen-bond donors (Lipinski definition) is 2. The molecule has 1 rings (SSSR count). The molecule has 0 bridgehead atoms. The summed E-state index contributed by atoms with van der Waals surface area (Å²) in [6.45, 7) is 3.90. The summed E-state index contributed by atoms with van der Waals surface area (Å²) in [7, 11) is 0. The molecule has 0 aliphatic rings. The molecule has 1 aromatic heterocycles. The lowest BCUT2D eigenvalue weighted by atomic mass is 10.3. The minimum atomic E-state index is -0.331. The Hall–Kier alpha value is -1.50. The third-order valence-electron chi connectivity index (χ3n) is 1.76. The van der Waals surface area contributed by atoms with Gasteiger partial charge in [0, 0.05) is 12.6 Å². The molecule has 0 aliphatic heterocycles. The van der Waals surface area contributed by atoms with Crippen LogP contribution in [0.5, 0.6) is 0 Å². The van der Waals surface area contributed by atoms with E-state index >= 15 is 0 Å². The number of hydrogen-bond acceptors (Lipinski definition) is 5. The summed E-state index contributed by atoms with van der Waals surface area (Å²) >= 11 is 0. The first kappa shape index (κ1) is 10.6. The van der Waals surface area contributed by atoms with E-state index in [0.29, 0.717) is 0 Å². The maximum absolute atomic E-state index is 11.7. The number of amides is 1. The lowest BCUT2D eigenvalue weighted by Crippen LogP contribution is -2.39. The number of aliphatic hydroxyl groups excluding tert-OH is 1. The van der Waals surface area contributed by atoms with Crippen molar-refractivity contribution in [3.63, 3.8) is 0 Å². The Balaban J connectivity index is 2.74. The first-order valence-electron chi connectivity index (χ1n) is 4.32. The van der Waals surface area contributed by atoms with Crippen LogP contribution >= 0.6 is 0 Å². The molecule has 2 N–H and O–H groups in total. The summed E-state index contributed by atoms with van der Waals surface area (Å²) in [6.07, 6.45) is 0. The maximum Gasteiger partial charge on any atom is 0.295 e. The van der Waals surface area contributed by atoms with Gasteiger partial charge in [0.1, 0.15) is 0 Å². The zero-order valence-electron chi connectivity index (χ0n) is 8.14. The van der Waals surface area contributed by atoms with E-state index in [2.05, 4.69) is 20.6 Å². The highest BCUT2D eigenvalue weighted by molar-refractivity contribution is 5.90. The van der Waals surface area contributed by atoms with Crippen molar-refractivity contribution in [1.82, 2.24) is 25.5 Å². The lowest BCUT2D eigenvalue weighted by molar-refractivity contribution is 0.0653. The third-order valence-corrected chi connectivity index (χ3v) is 1.76. The van der Waals surface area contributed by atoms with E-state index in [1.165, 1.54) is 4.90 Å². The second-order valence-electron chi connectivity index (χ2n) is 3.05. The van der Waals surface area contributed by atoms with Crippen LogP contribution < -0.4 is 0 Å². The Kier molecular flexibility index (Phi) is 3.52. The van der Waals surface area contributed by atoms with Gasteiger partial charge >= 0.3 is 0 Å². The van der Waals surface area contributed by atoms with E-state index in [-0.39, 0.29) is 30.9 Å². The van der Waals surface area contributed by atoms with Crippen LogP contribution in [0.4, 0.5) is 0 Å². The summed E-state index contributed by atoms with van der Waals surface area (Å²) in [4.78, 5) is 13.1. The smallest absolute Gasteiger partial charge is 0.295 e. The molecule has 0 saturated carbocycles. The number of H-pyrrole nitrogens is 1. The van der Waals surface area contributed by atoms with E-state index < -0.39 is 0 Å². The maximum atomic E-state index is 11.7. The van der Waals surface area contributed by atoms with Gasteiger partial charge in [0.2, 0.25) is 0 Å². The number of nitrogens with zero attached hydrogens (tertiary/aromatic N) is 4. The lowest BCUT2D eigenvalue weighted by Gasteiger charge is -2.24. The zero-order chi connectivity index (χ0) is 10.6. The number of carbonyl (C=O) groups is 1. The Morgan fingerprint density at radius 3 is 2.79 bits per heavy atom. The van der Waals surface area contributed by atoms with Crippen molar-refractivity contribution in [3.05, 3.63) is 5.82 Å². The van der Waals surface area contributed by atoms with Gasteiger partial charge in [-0.15, -0.1) is 10.2 Å². The van der Waals surface area contributed by atoms with E-state index in [1.807, 2.05) is 13.8 Å². The SMILES string of the molecule is CC(C)N(CCO)C(=O)c1nn[nH]n1. The fourth-order valence-electron chi connectivity index (χ4n) is 1.08. The number of nitrogens with one attached hydrogen (secondary N) is 1. The Labute approximate surface area is 81.1 Å². The number of aromatic nitrogens is 4. The number of carbonyl (C=O) groups excluding carboxylic acids is 1. The molecule has 0 aromatic carbocycles. The average molecular weight is 199 g/mol. The fraction of sp³-hybridized carbons (Fsp3) is 0.714. The summed E-state index contributed by atoms with van der Waals surface area (Å²) < 4.78 is 0. The van der Waals surface area contributed by atoms with Crippen LogP contribution in [0.25, 0.3) is 0 Å². The normalized spacial score (nSPS) is 10.6. The zero-order valence-corrected chi connectivity index (χ0v) is 8.14. The van der Waals surface area contributed by atoms with Gasteiger partial charge in [-0.2, -0.15) is 5.21 Å². The van der Waals surface area contributed by atoms with Crippen molar-refractivity contribution < 1.29 is 9.90 Å². The summed E-state index contributed by atoms with van der Waals surface area (Å²) in [5, 5.41) is 21.4. The van der Waals surface area contributed by atoms with Crippen molar-refractivity contribution in [3.8, 4) is 0 Å². The van der Waals surface area contributed by atoms with Crippen molar-refractivity contribution in [2.24, 2.45) is 0 Å². The molecule has 0 unspecified atom stereocenters. The highest BCUT2D eigenvalue weighted by Crippen LogP contribution is 2.02. The van der Waals surface area contributed by atoms with Crippen LogP contribution in [-0.2, 0) is 0 Å². The molecule has 1 heterocycles. The molecule has 78 valence electrons. The Morgan fingerprint density at radius 2 is 2.36 bits per heavy atom. The van der Waals surface area contributed by atoms with Gasteiger partial charge < -0.3 is 10.0 Å². The quantitative estimate of drug-likeness (QED) is 0.651. The average Bonchev–Trinajstić information content (AvgIpc) is 2.65. The molecule has 0 fully saturated rings. The van der Waals surface area contributed by atoms with Gasteiger partial charge in [-0.3, -0.25) is 4.79 Å². The van der Waals surface area contributed by atoms with Gasteiger partial charge in [0.05, 0.1) is 6.61 Å². The molecular weight excluding hydrogens is 186 g/mol. The first-order chi connectivity index (χ1) is 6.66. The Morgan fingerprint density at radius 1 is 1.64 bits per heavy atom. The molecular formula is C7H13N5O2. The number of rotatable bonds is 4. The fourth-order valence-corrected chi connectivity index (χ4v) is 1.08. The molecule has 14 heavy (non-hydrogen) atoms. The van der Waals surface area contributed by atoms with Crippen LogP contribution in [0.2, 0.25) is 0 Å². The number of aliphatic hydroxyl groups is 1. The molecule has 0 radical (unpaired) electrons. The second-order valence-corrected chi connectivity index (χ2v) is 3.05. The molecule has 0 aliphatic carbocycles. The Bertz CT molecular complexity index is 284. The van der Waals surface area contributed by atoms with Gasteiger partial charge in [-0.05, 0) is 19.1 Å². The molecule has 7 heteroatoms. The predicted octanol–water partition coefficient (Wildman–Crippen LogP) is -0.957. The number of tetrazole rings is 1. The molecule has 0 spiro atoms. The number of aromatic amines is 1. The minimum absolute atomic E-state index is 0.00634. The van der Waals surface area contributed by atoms with Crippen LogP contribution in [0.1, 0.15) is 24.5 Å². The van der Waals surface area contributed by atoms with Crippen LogP contribution in [0, 0.1) is 0 Å². The largest absolute Gasteiger partial charge is 0.395 e. The van der Waals surface area contributed by atoms with Crippen LogP contribution in [0.15, 0.2) is 0 Å². The first-order valence-corrected chi connectivity index (χ1v) is 4.32. The van der Waals surface area contributed by atoms with E-state index in [0.717, 1.165) is 0 Å². The van der Waals surface area contributed by atoms with Crippen molar-refractivity contribution in [1.29, 1.82) is 0 Å². The van der Waals surface area contributed by atoms with Gasteiger partial charge in [0.15, 0.2) is 0 Å². The summed E-state index contributed by atoms with van der Waals surface area (Å²) in [5.41, 5.74) is 0. The predicted molar refractivity (Wildman–Crippen MR) is 47.4 cm³/mol. The molecule has 1 amide bonds. The second kappa shape index (κ2) is 4.66. The highest BCUT2D eigenvalue weighted by Gasteiger charge is 2.21. The van der Waals surface area contributed by atoms with E-state index in [9.17, 15) is 4.79 Å². The van der Waals surface area contributed by atoms with Crippen molar-refractivity contribution in [2.45, 2.75) is 19.9 Å². The van der Waals surface area contributed by atoms with E-state index in [1.54, 1.807) is 0 Å². The highest BCUT2D eigenvalue weighted by atomic mass is 16.3. The molecule has 0 saturated heterocycles. The summed E-state index contributed by atoms with van der Waals surface area (Å²) in [5.74, 6) is -0.310. The van der Waals surface area contributed by atoms with Gasteiger partial charge in [-0.1, -0.05) is 0 Å². The molecule has 7 nitrogen and oxygen atoms in total. The third kappa shape index (κ3) is 2.25. The van der Waals surface area contributed by atoms with Gasteiger partial charge in [-0.25, -0.2) is 0 Å². The molecule has 1 aromatic rings. The van der Waals surface area contributed by atoms with Crippen molar-refractivity contribution in [2.75, 3.05) is 13.2 Å². The standard InChI is InChI=1S/C7H13N5O2/c1-5(2)12(3-4-13)7(14)6-8-10-11-9-6/h5,13H,3-4H2,1-2H3,(H,8,9,10,11). The molecule has 0 atom stereocenters. The minimum Gasteiger partial charge on any atom is -0.395 e.